The van der Waals surface area contributed by atoms with Crippen LogP contribution in [-0.4, -0.2) is 23.1 Å². The van der Waals surface area contributed by atoms with Gasteiger partial charge in [-0.05, 0) is 33.1 Å². The second-order valence-corrected chi connectivity index (χ2v) is 8.41. The minimum Gasteiger partial charge on any atom is -0.481 e. The molecule has 0 aromatic rings. The molecule has 0 bridgehead atoms. The molecular formula is C25H50O4. The van der Waals surface area contributed by atoms with E-state index in [9.17, 15) is 9.59 Å². The van der Waals surface area contributed by atoms with Gasteiger partial charge >= 0.3 is 11.9 Å². The Balaban J connectivity index is 0. The van der Waals surface area contributed by atoms with E-state index < -0.39 is 5.97 Å². The smallest absolute Gasteiger partial charge is 0.306 e. The minimum atomic E-state index is -0.643. The SMILES string of the molecule is CCCCC(CC)C(=O)O.CCCCCCCCCCCCCC(=O)OC(C)C. The van der Waals surface area contributed by atoms with Crippen LogP contribution < -0.4 is 0 Å². The molecule has 0 rings (SSSR count). The van der Waals surface area contributed by atoms with Crippen molar-refractivity contribution in [2.75, 3.05) is 0 Å². The zero-order valence-corrected chi connectivity index (χ0v) is 20.1. The monoisotopic (exact) mass is 414 g/mol. The normalized spacial score (nSPS) is 11.7. The fourth-order valence-electron chi connectivity index (χ4n) is 3.21. The molecule has 0 amide bonds. The lowest BCUT2D eigenvalue weighted by Crippen LogP contribution is -2.11. The summed E-state index contributed by atoms with van der Waals surface area (Å²) < 4.78 is 5.10. The number of hydrogen-bond acceptors (Lipinski definition) is 3. The van der Waals surface area contributed by atoms with E-state index in [0.29, 0.717) is 6.42 Å². The van der Waals surface area contributed by atoms with Crippen molar-refractivity contribution in [1.29, 1.82) is 0 Å². The molecule has 0 fully saturated rings. The van der Waals surface area contributed by atoms with E-state index in [4.69, 9.17) is 9.84 Å². The van der Waals surface area contributed by atoms with Crippen LogP contribution >= 0.6 is 0 Å². The highest BCUT2D eigenvalue weighted by atomic mass is 16.5. The minimum absolute atomic E-state index is 0.0280. The molecule has 0 saturated heterocycles. The Hall–Kier alpha value is -1.06. The van der Waals surface area contributed by atoms with E-state index >= 15 is 0 Å². The van der Waals surface area contributed by atoms with E-state index in [1.54, 1.807) is 0 Å². The van der Waals surface area contributed by atoms with Crippen LogP contribution in [0, 0.1) is 5.92 Å². The Kier molecular flexibility index (Phi) is 24.1. The van der Waals surface area contributed by atoms with Crippen LogP contribution in [-0.2, 0) is 14.3 Å². The third-order valence-corrected chi connectivity index (χ3v) is 5.10. The lowest BCUT2D eigenvalue weighted by molar-refractivity contribution is -0.147. The Bertz CT molecular complexity index is 366. The van der Waals surface area contributed by atoms with E-state index in [2.05, 4.69) is 13.8 Å². The van der Waals surface area contributed by atoms with Crippen LogP contribution in [0.1, 0.15) is 137 Å². The van der Waals surface area contributed by atoms with E-state index in [1.807, 2.05) is 20.8 Å². The average Bonchev–Trinajstić information content (AvgIpc) is 2.66. The van der Waals surface area contributed by atoms with E-state index in [0.717, 1.165) is 32.1 Å². The summed E-state index contributed by atoms with van der Waals surface area (Å²) in [5, 5.41) is 8.60. The first-order chi connectivity index (χ1) is 13.9. The number of carbonyl (C=O) groups is 2. The van der Waals surface area contributed by atoms with Gasteiger partial charge < -0.3 is 9.84 Å². The summed E-state index contributed by atoms with van der Waals surface area (Å²) in [7, 11) is 0. The zero-order valence-electron chi connectivity index (χ0n) is 20.1. The summed E-state index contributed by atoms with van der Waals surface area (Å²) >= 11 is 0. The van der Waals surface area contributed by atoms with Crippen molar-refractivity contribution in [3.63, 3.8) is 0 Å². The molecule has 4 heteroatoms. The summed E-state index contributed by atoms with van der Waals surface area (Å²) in [5.74, 6) is -0.790. The summed E-state index contributed by atoms with van der Waals surface area (Å²) in [4.78, 5) is 21.7. The van der Waals surface area contributed by atoms with Crippen LogP contribution in [0.15, 0.2) is 0 Å². The van der Waals surface area contributed by atoms with Crippen LogP contribution in [0.2, 0.25) is 0 Å². The van der Waals surface area contributed by atoms with Gasteiger partial charge in [-0.1, -0.05) is 97.8 Å². The van der Waals surface area contributed by atoms with Gasteiger partial charge in [-0.15, -0.1) is 0 Å². The molecule has 1 atom stereocenters. The number of aliphatic carboxylic acids is 1. The Morgan fingerprint density at radius 1 is 0.724 bits per heavy atom. The topological polar surface area (TPSA) is 63.6 Å². The molecule has 0 radical (unpaired) electrons. The molecule has 0 aliphatic heterocycles. The maximum absolute atomic E-state index is 11.3. The van der Waals surface area contributed by atoms with Gasteiger partial charge in [0.05, 0.1) is 12.0 Å². The number of rotatable bonds is 18. The van der Waals surface area contributed by atoms with Gasteiger partial charge in [-0.3, -0.25) is 9.59 Å². The molecule has 4 nitrogen and oxygen atoms in total. The Morgan fingerprint density at radius 3 is 1.55 bits per heavy atom. The molecule has 1 N–H and O–H groups in total. The first-order valence-corrected chi connectivity index (χ1v) is 12.3. The van der Waals surface area contributed by atoms with Gasteiger partial charge in [0.1, 0.15) is 0 Å². The molecule has 174 valence electrons. The van der Waals surface area contributed by atoms with Gasteiger partial charge in [0, 0.05) is 6.42 Å². The van der Waals surface area contributed by atoms with Crippen molar-refractivity contribution < 1.29 is 19.4 Å². The highest BCUT2D eigenvalue weighted by Gasteiger charge is 2.12. The number of esters is 1. The van der Waals surface area contributed by atoms with E-state index in [1.165, 1.54) is 64.2 Å². The number of hydrogen-bond donors (Lipinski definition) is 1. The summed E-state index contributed by atoms with van der Waals surface area (Å²) in [6.45, 7) is 10.1. The van der Waals surface area contributed by atoms with Crippen molar-refractivity contribution >= 4 is 11.9 Å². The predicted octanol–water partition coefficient (Wildman–Crippen LogP) is 7.93. The highest BCUT2D eigenvalue weighted by molar-refractivity contribution is 5.69. The number of ether oxygens (including phenoxy) is 1. The second-order valence-electron chi connectivity index (χ2n) is 8.41. The largest absolute Gasteiger partial charge is 0.481 e. The molecule has 29 heavy (non-hydrogen) atoms. The highest BCUT2D eigenvalue weighted by Crippen LogP contribution is 2.13. The molecule has 0 saturated carbocycles. The number of carboxylic acid groups (broad SMARTS) is 1. The molecule has 0 aromatic carbocycles. The third kappa shape index (κ3) is 24.9. The molecule has 0 spiro atoms. The number of unbranched alkanes of at least 4 members (excludes halogenated alkanes) is 11. The van der Waals surface area contributed by atoms with Gasteiger partial charge in [0.25, 0.3) is 0 Å². The fourth-order valence-corrected chi connectivity index (χ4v) is 3.21. The molecule has 0 aromatic heterocycles. The number of carboxylic acids is 1. The molecule has 0 heterocycles. The van der Waals surface area contributed by atoms with Gasteiger partial charge in [0.15, 0.2) is 0 Å². The molecule has 0 aliphatic rings. The van der Waals surface area contributed by atoms with Crippen molar-refractivity contribution in [2.24, 2.45) is 5.92 Å². The fraction of sp³-hybridized carbons (Fsp3) is 0.920. The van der Waals surface area contributed by atoms with Crippen molar-refractivity contribution in [2.45, 2.75) is 143 Å². The lowest BCUT2D eigenvalue weighted by Gasteiger charge is -2.07. The Labute approximate surface area is 181 Å². The summed E-state index contributed by atoms with van der Waals surface area (Å²) in [6.07, 6.45) is 18.8. The van der Waals surface area contributed by atoms with Crippen LogP contribution in [0.3, 0.4) is 0 Å². The average molecular weight is 415 g/mol. The first-order valence-electron chi connectivity index (χ1n) is 12.3. The third-order valence-electron chi connectivity index (χ3n) is 5.10. The van der Waals surface area contributed by atoms with Crippen LogP contribution in [0.25, 0.3) is 0 Å². The molecule has 0 aliphatic carbocycles. The lowest BCUT2D eigenvalue weighted by atomic mass is 10.00. The Morgan fingerprint density at radius 2 is 1.17 bits per heavy atom. The maximum atomic E-state index is 11.3. The van der Waals surface area contributed by atoms with Crippen molar-refractivity contribution in [3.8, 4) is 0 Å². The van der Waals surface area contributed by atoms with Crippen molar-refractivity contribution in [3.05, 3.63) is 0 Å². The molecular weight excluding hydrogens is 364 g/mol. The van der Waals surface area contributed by atoms with Crippen LogP contribution in [0.5, 0.6) is 0 Å². The van der Waals surface area contributed by atoms with Crippen LogP contribution in [0.4, 0.5) is 0 Å². The predicted molar refractivity (Wildman–Crippen MR) is 123 cm³/mol. The van der Waals surface area contributed by atoms with Gasteiger partial charge in [0.2, 0.25) is 0 Å². The van der Waals surface area contributed by atoms with Crippen molar-refractivity contribution in [1.82, 2.24) is 0 Å². The van der Waals surface area contributed by atoms with E-state index in [-0.39, 0.29) is 18.0 Å². The van der Waals surface area contributed by atoms with Gasteiger partial charge in [-0.25, -0.2) is 0 Å². The quantitative estimate of drug-likeness (QED) is 0.183. The first kappa shape index (κ1) is 30.1. The zero-order chi connectivity index (χ0) is 22.3. The summed E-state index contributed by atoms with van der Waals surface area (Å²) in [5.41, 5.74) is 0. The molecule has 1 unspecified atom stereocenters. The second kappa shape index (κ2) is 23.2. The van der Waals surface area contributed by atoms with Gasteiger partial charge in [-0.2, -0.15) is 0 Å². The standard InChI is InChI=1S/C17H34O2.C8H16O2/c1-4-5-6-7-8-9-10-11-12-13-14-15-17(18)19-16(2)3;1-3-5-6-7(4-2)8(9)10/h16H,4-15H2,1-3H3;7H,3-6H2,1-2H3,(H,9,10). The maximum Gasteiger partial charge on any atom is 0.306 e. The number of carbonyl (C=O) groups excluding carboxylic acids is 1. The summed E-state index contributed by atoms with van der Waals surface area (Å²) in [6, 6.07) is 0.